The van der Waals surface area contributed by atoms with Crippen molar-refractivity contribution in [2.24, 2.45) is 17.1 Å². The molecule has 2 unspecified atom stereocenters. The molecule has 1 rings (SSSR count). The van der Waals surface area contributed by atoms with E-state index in [2.05, 4.69) is 26.1 Å². The Morgan fingerprint density at radius 2 is 2.15 bits per heavy atom. The van der Waals surface area contributed by atoms with Crippen LogP contribution in [0.4, 0.5) is 0 Å². The molecule has 0 heterocycles. The second-order valence-electron chi connectivity index (χ2n) is 5.05. The Labute approximate surface area is 82.3 Å². The molecule has 0 aromatic heterocycles. The molecule has 2 atom stereocenters. The Balaban J connectivity index is 1.91. The Bertz CT molecular complexity index is 154. The number of hydrogen-bond acceptors (Lipinski definition) is 2. The first-order chi connectivity index (χ1) is 6.06. The lowest BCUT2D eigenvalue weighted by atomic mass is 10.1. The van der Waals surface area contributed by atoms with Crippen molar-refractivity contribution in [2.75, 3.05) is 13.1 Å². The van der Waals surface area contributed by atoms with E-state index in [-0.39, 0.29) is 0 Å². The van der Waals surface area contributed by atoms with Gasteiger partial charge in [0, 0.05) is 6.04 Å². The van der Waals surface area contributed by atoms with Crippen LogP contribution in [-0.2, 0) is 0 Å². The molecule has 0 aromatic rings. The van der Waals surface area contributed by atoms with Crippen LogP contribution in [0.5, 0.6) is 0 Å². The van der Waals surface area contributed by atoms with E-state index in [0.717, 1.165) is 25.3 Å². The van der Waals surface area contributed by atoms with Crippen LogP contribution in [0.15, 0.2) is 0 Å². The van der Waals surface area contributed by atoms with E-state index < -0.39 is 0 Å². The second-order valence-corrected chi connectivity index (χ2v) is 5.05. The molecule has 0 bridgehead atoms. The monoisotopic (exact) mass is 184 g/mol. The Kier molecular flexibility index (Phi) is 3.74. The van der Waals surface area contributed by atoms with Crippen molar-refractivity contribution < 1.29 is 0 Å². The fourth-order valence-corrected chi connectivity index (χ4v) is 1.69. The van der Waals surface area contributed by atoms with Gasteiger partial charge in [0.2, 0.25) is 0 Å². The van der Waals surface area contributed by atoms with Gasteiger partial charge in [-0.25, -0.2) is 0 Å². The maximum atomic E-state index is 5.82. The quantitative estimate of drug-likeness (QED) is 0.617. The molecule has 0 radical (unpaired) electrons. The number of hydrogen-bond donors (Lipinski definition) is 2. The smallest absolute Gasteiger partial charge is 0.00482 e. The van der Waals surface area contributed by atoms with Gasteiger partial charge >= 0.3 is 0 Å². The molecular formula is C11H24N2. The van der Waals surface area contributed by atoms with Crippen molar-refractivity contribution in [3.8, 4) is 0 Å². The third kappa shape index (κ3) is 3.65. The van der Waals surface area contributed by atoms with E-state index in [0.29, 0.717) is 11.5 Å². The zero-order valence-electron chi connectivity index (χ0n) is 9.27. The third-order valence-electron chi connectivity index (χ3n) is 3.32. The maximum absolute atomic E-state index is 5.82. The van der Waals surface area contributed by atoms with E-state index in [1.54, 1.807) is 0 Å². The molecule has 1 aliphatic carbocycles. The standard InChI is InChI=1S/C11H24N2/c1-4-10(12)5-6-13-8-9-7-11(9,2)3/h9-10,13H,4-8,12H2,1-3H3. The van der Waals surface area contributed by atoms with Crippen LogP contribution in [-0.4, -0.2) is 19.1 Å². The van der Waals surface area contributed by atoms with Gasteiger partial charge in [0.25, 0.3) is 0 Å². The lowest BCUT2D eigenvalue weighted by molar-refractivity contribution is 0.495. The Morgan fingerprint density at radius 3 is 2.62 bits per heavy atom. The second kappa shape index (κ2) is 4.43. The summed E-state index contributed by atoms with van der Waals surface area (Å²) >= 11 is 0. The van der Waals surface area contributed by atoms with Gasteiger partial charge in [-0.3, -0.25) is 0 Å². The minimum atomic E-state index is 0.389. The summed E-state index contributed by atoms with van der Waals surface area (Å²) in [5.74, 6) is 0.908. The van der Waals surface area contributed by atoms with E-state index in [9.17, 15) is 0 Å². The van der Waals surface area contributed by atoms with Gasteiger partial charge in [0.05, 0.1) is 0 Å². The van der Waals surface area contributed by atoms with Crippen molar-refractivity contribution >= 4 is 0 Å². The molecule has 2 nitrogen and oxygen atoms in total. The van der Waals surface area contributed by atoms with Gasteiger partial charge in [0.15, 0.2) is 0 Å². The fourth-order valence-electron chi connectivity index (χ4n) is 1.69. The van der Waals surface area contributed by atoms with E-state index in [4.69, 9.17) is 5.73 Å². The molecule has 13 heavy (non-hydrogen) atoms. The van der Waals surface area contributed by atoms with Crippen LogP contribution in [0.3, 0.4) is 0 Å². The normalized spacial score (nSPS) is 27.2. The zero-order chi connectivity index (χ0) is 9.90. The molecule has 0 saturated heterocycles. The van der Waals surface area contributed by atoms with E-state index in [1.165, 1.54) is 13.0 Å². The average molecular weight is 184 g/mol. The molecule has 3 N–H and O–H groups in total. The van der Waals surface area contributed by atoms with Gasteiger partial charge in [0.1, 0.15) is 0 Å². The summed E-state index contributed by atoms with van der Waals surface area (Å²) in [4.78, 5) is 0. The lowest BCUT2D eigenvalue weighted by Gasteiger charge is -2.09. The van der Waals surface area contributed by atoms with Crippen molar-refractivity contribution in [3.63, 3.8) is 0 Å². The Morgan fingerprint density at radius 1 is 1.54 bits per heavy atom. The number of nitrogens with two attached hydrogens (primary N) is 1. The van der Waals surface area contributed by atoms with Crippen LogP contribution in [0, 0.1) is 11.3 Å². The van der Waals surface area contributed by atoms with Gasteiger partial charge in [-0.1, -0.05) is 20.8 Å². The van der Waals surface area contributed by atoms with Crippen LogP contribution in [0.25, 0.3) is 0 Å². The Hall–Kier alpha value is -0.0800. The SMILES string of the molecule is CCC(N)CCNCC1CC1(C)C. The predicted octanol–water partition coefficient (Wildman–Crippen LogP) is 1.75. The van der Waals surface area contributed by atoms with Crippen molar-refractivity contribution in [2.45, 2.75) is 46.1 Å². The summed E-state index contributed by atoms with van der Waals surface area (Å²) in [6.07, 6.45) is 3.60. The summed E-state index contributed by atoms with van der Waals surface area (Å²) in [5.41, 5.74) is 6.43. The summed E-state index contributed by atoms with van der Waals surface area (Å²) in [6.45, 7) is 9.11. The molecule has 78 valence electrons. The van der Waals surface area contributed by atoms with Crippen molar-refractivity contribution in [1.82, 2.24) is 5.32 Å². The molecule has 1 fully saturated rings. The van der Waals surface area contributed by atoms with Crippen molar-refractivity contribution in [3.05, 3.63) is 0 Å². The summed E-state index contributed by atoms with van der Waals surface area (Å²) < 4.78 is 0. The third-order valence-corrected chi connectivity index (χ3v) is 3.32. The highest BCUT2D eigenvalue weighted by Crippen LogP contribution is 2.50. The topological polar surface area (TPSA) is 38.0 Å². The minimum Gasteiger partial charge on any atom is -0.328 e. The first kappa shape index (κ1) is 11.0. The zero-order valence-corrected chi connectivity index (χ0v) is 9.27. The summed E-state index contributed by atoms with van der Waals surface area (Å²) in [5, 5.41) is 3.49. The van der Waals surface area contributed by atoms with Gasteiger partial charge in [-0.05, 0) is 43.7 Å². The maximum Gasteiger partial charge on any atom is 0.00482 e. The van der Waals surface area contributed by atoms with E-state index >= 15 is 0 Å². The molecule has 0 aliphatic heterocycles. The fraction of sp³-hybridized carbons (Fsp3) is 1.00. The van der Waals surface area contributed by atoms with Crippen LogP contribution >= 0.6 is 0 Å². The van der Waals surface area contributed by atoms with E-state index in [1.807, 2.05) is 0 Å². The number of nitrogens with one attached hydrogen (secondary N) is 1. The molecular weight excluding hydrogens is 160 g/mol. The van der Waals surface area contributed by atoms with Crippen LogP contribution in [0.2, 0.25) is 0 Å². The average Bonchev–Trinajstić information content (AvgIpc) is 2.67. The molecule has 1 saturated carbocycles. The molecule has 1 aliphatic rings. The highest BCUT2D eigenvalue weighted by Gasteiger charge is 2.44. The largest absolute Gasteiger partial charge is 0.328 e. The van der Waals surface area contributed by atoms with Gasteiger partial charge < -0.3 is 11.1 Å². The summed E-state index contributed by atoms with van der Waals surface area (Å²) in [6, 6.07) is 0.389. The first-order valence-electron chi connectivity index (χ1n) is 5.52. The summed E-state index contributed by atoms with van der Waals surface area (Å²) in [7, 11) is 0. The number of rotatable bonds is 6. The molecule has 2 heteroatoms. The lowest BCUT2D eigenvalue weighted by Crippen LogP contribution is -2.27. The molecule has 0 amide bonds. The van der Waals surface area contributed by atoms with Crippen molar-refractivity contribution in [1.29, 1.82) is 0 Å². The van der Waals surface area contributed by atoms with Crippen LogP contribution in [0.1, 0.15) is 40.0 Å². The minimum absolute atomic E-state index is 0.389. The predicted molar refractivity (Wildman–Crippen MR) is 57.6 cm³/mol. The first-order valence-corrected chi connectivity index (χ1v) is 5.52. The highest BCUT2D eigenvalue weighted by atomic mass is 14.9. The van der Waals surface area contributed by atoms with Gasteiger partial charge in [-0.15, -0.1) is 0 Å². The van der Waals surface area contributed by atoms with Crippen LogP contribution < -0.4 is 11.1 Å². The molecule has 0 spiro atoms. The molecule has 0 aromatic carbocycles. The van der Waals surface area contributed by atoms with Gasteiger partial charge in [-0.2, -0.15) is 0 Å². The highest BCUT2D eigenvalue weighted by molar-refractivity contribution is 4.95.